The fourth-order valence-electron chi connectivity index (χ4n) is 6.83. The predicted molar refractivity (Wildman–Crippen MR) is 107 cm³/mol. The van der Waals surface area contributed by atoms with Gasteiger partial charge in [-0.05, 0) is 43.6 Å². The topological polar surface area (TPSA) is 73.0 Å². The second-order valence-corrected chi connectivity index (χ2v) is 10.4. The molecule has 0 bridgehead atoms. The number of fused-ring (bicyclic) bond motifs is 3. The molecule has 4 fully saturated rings. The number of aromatic nitrogens is 2. The van der Waals surface area contributed by atoms with E-state index < -0.39 is 17.3 Å². The molecule has 3 N–H and O–H groups in total. The number of nitrogens with one attached hydrogen (secondary N) is 3. The number of carbonyl (C=O) groups is 1. The number of halogens is 2. The number of piperazine rings is 1. The molecule has 0 aromatic carbocycles. The SMILES string of the molecule is C[C@@]12Cc3[nH]nc(C4CC5CCC(C(=O)N6CCNCC6)CC5N4)c3C[C@@H]1C2(F)F. The van der Waals surface area contributed by atoms with Gasteiger partial charge in [0.05, 0.1) is 11.7 Å². The number of rotatable bonds is 2. The Kier molecular flexibility index (Phi) is 4.14. The van der Waals surface area contributed by atoms with Crippen molar-refractivity contribution in [2.75, 3.05) is 26.2 Å². The summed E-state index contributed by atoms with van der Waals surface area (Å²) in [7, 11) is 0. The molecule has 30 heavy (non-hydrogen) atoms. The van der Waals surface area contributed by atoms with Gasteiger partial charge >= 0.3 is 0 Å². The summed E-state index contributed by atoms with van der Waals surface area (Å²) < 4.78 is 28.5. The molecular formula is C22H31F2N5O. The molecule has 2 saturated heterocycles. The first-order valence-electron chi connectivity index (χ1n) is 11.6. The molecule has 6 rings (SSSR count). The zero-order chi connectivity index (χ0) is 20.7. The molecule has 1 aromatic heterocycles. The molecule has 6 nitrogen and oxygen atoms in total. The van der Waals surface area contributed by atoms with Crippen LogP contribution < -0.4 is 10.6 Å². The Morgan fingerprint density at radius 3 is 2.80 bits per heavy atom. The quantitative estimate of drug-likeness (QED) is 0.686. The van der Waals surface area contributed by atoms with Crippen molar-refractivity contribution in [3.63, 3.8) is 0 Å². The molecular weight excluding hydrogens is 388 g/mol. The van der Waals surface area contributed by atoms with Gasteiger partial charge in [-0.1, -0.05) is 6.92 Å². The van der Waals surface area contributed by atoms with Crippen LogP contribution in [0.5, 0.6) is 0 Å². The zero-order valence-corrected chi connectivity index (χ0v) is 17.5. The van der Waals surface area contributed by atoms with Gasteiger partial charge in [-0.25, -0.2) is 8.78 Å². The Hall–Kier alpha value is -1.54. The number of aromatic amines is 1. The average Bonchev–Trinajstić information content (AvgIpc) is 3.15. The van der Waals surface area contributed by atoms with Gasteiger partial charge < -0.3 is 15.5 Å². The number of alkyl halides is 2. The standard InChI is InChI=1S/C22H31F2N5O/c1-21-11-17-14(10-18(21)22(21,23)24)19(28-27-17)16-8-12-2-3-13(9-15(12)26-16)20(30)29-6-4-25-5-7-29/h12-13,15-16,18,25-26H,2-11H2,1H3,(H,27,28)/t12?,13?,15?,16?,18-,21+/m0/s1. The minimum atomic E-state index is -2.56. The summed E-state index contributed by atoms with van der Waals surface area (Å²) in [4.78, 5) is 15.0. The van der Waals surface area contributed by atoms with Crippen LogP contribution in [0.4, 0.5) is 8.78 Å². The monoisotopic (exact) mass is 419 g/mol. The molecule has 1 amide bonds. The second-order valence-electron chi connectivity index (χ2n) is 10.4. The summed E-state index contributed by atoms with van der Waals surface area (Å²) in [6.07, 6.45) is 4.73. The van der Waals surface area contributed by atoms with Gasteiger partial charge in [0.2, 0.25) is 5.91 Å². The van der Waals surface area contributed by atoms with Gasteiger partial charge in [-0.2, -0.15) is 5.10 Å². The van der Waals surface area contributed by atoms with Crippen LogP contribution in [-0.2, 0) is 17.6 Å². The van der Waals surface area contributed by atoms with Crippen LogP contribution in [0.2, 0.25) is 0 Å². The first-order valence-corrected chi connectivity index (χ1v) is 11.6. The van der Waals surface area contributed by atoms with Crippen molar-refractivity contribution in [3.8, 4) is 0 Å². The highest BCUT2D eigenvalue weighted by Gasteiger charge is 2.78. The van der Waals surface area contributed by atoms with E-state index in [2.05, 4.69) is 20.8 Å². The molecule has 0 radical (unpaired) electrons. The molecule has 4 unspecified atom stereocenters. The predicted octanol–water partition coefficient (Wildman–Crippen LogP) is 2.03. The summed E-state index contributed by atoms with van der Waals surface area (Å²) in [5, 5.41) is 14.7. The number of nitrogens with zero attached hydrogens (tertiary/aromatic N) is 2. The summed E-state index contributed by atoms with van der Waals surface area (Å²) >= 11 is 0. The first-order chi connectivity index (χ1) is 14.4. The van der Waals surface area contributed by atoms with Crippen LogP contribution in [0.1, 0.15) is 55.6 Å². The minimum absolute atomic E-state index is 0.106. The summed E-state index contributed by atoms with van der Waals surface area (Å²) in [6.45, 7) is 5.09. The van der Waals surface area contributed by atoms with Crippen LogP contribution in [-0.4, -0.2) is 59.1 Å². The van der Waals surface area contributed by atoms with Crippen LogP contribution in [0, 0.1) is 23.2 Å². The third-order valence-corrected chi connectivity index (χ3v) is 8.88. The lowest BCUT2D eigenvalue weighted by atomic mass is 9.78. The van der Waals surface area contributed by atoms with Gasteiger partial charge in [0.15, 0.2) is 0 Å². The van der Waals surface area contributed by atoms with Crippen molar-refractivity contribution in [1.29, 1.82) is 0 Å². The fourth-order valence-corrected chi connectivity index (χ4v) is 6.83. The number of amides is 1. The van der Waals surface area contributed by atoms with Crippen LogP contribution in [0.15, 0.2) is 0 Å². The van der Waals surface area contributed by atoms with Crippen molar-refractivity contribution in [2.24, 2.45) is 23.2 Å². The van der Waals surface area contributed by atoms with Crippen molar-refractivity contribution >= 4 is 5.91 Å². The summed E-state index contributed by atoms with van der Waals surface area (Å²) in [5.74, 6) is -2.13. The number of H-pyrrole nitrogens is 1. The van der Waals surface area contributed by atoms with Crippen LogP contribution in [0.3, 0.4) is 0 Å². The van der Waals surface area contributed by atoms with Crippen LogP contribution >= 0.6 is 0 Å². The average molecular weight is 420 g/mol. The maximum Gasteiger partial charge on any atom is 0.258 e. The molecule has 3 aliphatic carbocycles. The van der Waals surface area contributed by atoms with E-state index >= 15 is 0 Å². The third-order valence-electron chi connectivity index (χ3n) is 8.88. The van der Waals surface area contributed by atoms with Crippen molar-refractivity contribution in [2.45, 2.75) is 63.5 Å². The number of hydrogen-bond acceptors (Lipinski definition) is 4. The van der Waals surface area contributed by atoms with E-state index in [9.17, 15) is 13.6 Å². The molecule has 1 aromatic rings. The van der Waals surface area contributed by atoms with Gasteiger partial charge in [0.1, 0.15) is 0 Å². The Labute approximate surface area is 175 Å². The van der Waals surface area contributed by atoms with E-state index in [1.54, 1.807) is 6.92 Å². The summed E-state index contributed by atoms with van der Waals surface area (Å²) in [6, 6.07) is 0.439. The van der Waals surface area contributed by atoms with Crippen molar-refractivity contribution < 1.29 is 13.6 Å². The van der Waals surface area contributed by atoms with Crippen molar-refractivity contribution in [3.05, 3.63) is 17.0 Å². The lowest BCUT2D eigenvalue weighted by molar-refractivity contribution is -0.137. The van der Waals surface area contributed by atoms with Crippen LogP contribution in [0.25, 0.3) is 0 Å². The molecule has 6 atom stereocenters. The first kappa shape index (κ1) is 19.2. The van der Waals surface area contributed by atoms with Crippen molar-refractivity contribution in [1.82, 2.24) is 25.7 Å². The largest absolute Gasteiger partial charge is 0.340 e. The smallest absolute Gasteiger partial charge is 0.258 e. The third kappa shape index (κ3) is 2.65. The number of carbonyl (C=O) groups excluding carboxylic acids is 1. The van der Waals surface area contributed by atoms with E-state index in [1.165, 1.54) is 0 Å². The maximum atomic E-state index is 14.3. The Morgan fingerprint density at radius 2 is 2.00 bits per heavy atom. The second kappa shape index (κ2) is 6.48. The van der Waals surface area contributed by atoms with E-state index in [-0.39, 0.29) is 12.0 Å². The Bertz CT molecular complexity index is 866. The molecule has 2 aliphatic heterocycles. The highest BCUT2D eigenvalue weighted by molar-refractivity contribution is 5.79. The molecule has 164 valence electrons. The normalized spacial score (nSPS) is 41.7. The lowest BCUT2D eigenvalue weighted by Crippen LogP contribution is -2.50. The fraction of sp³-hybridized carbons (Fsp3) is 0.818. The Balaban J connectivity index is 1.15. The lowest BCUT2D eigenvalue weighted by Gasteiger charge is -2.35. The van der Waals surface area contributed by atoms with E-state index in [0.29, 0.717) is 30.7 Å². The van der Waals surface area contributed by atoms with E-state index in [4.69, 9.17) is 0 Å². The molecule has 5 aliphatic rings. The van der Waals surface area contributed by atoms with Gasteiger partial charge in [0, 0.05) is 61.6 Å². The van der Waals surface area contributed by atoms with Gasteiger partial charge in [-0.15, -0.1) is 0 Å². The van der Waals surface area contributed by atoms with Gasteiger partial charge in [-0.3, -0.25) is 9.89 Å². The van der Waals surface area contributed by atoms with Gasteiger partial charge in [0.25, 0.3) is 5.92 Å². The van der Waals surface area contributed by atoms with E-state index in [0.717, 1.165) is 68.8 Å². The molecule has 8 heteroatoms. The highest BCUT2D eigenvalue weighted by atomic mass is 19.3. The Morgan fingerprint density at radius 1 is 1.20 bits per heavy atom. The van der Waals surface area contributed by atoms with E-state index in [1.807, 2.05) is 4.90 Å². The zero-order valence-electron chi connectivity index (χ0n) is 17.5. The highest BCUT2D eigenvalue weighted by Crippen LogP contribution is 2.70. The maximum absolute atomic E-state index is 14.3. The minimum Gasteiger partial charge on any atom is -0.340 e. The molecule has 2 saturated carbocycles. The molecule has 3 heterocycles. The number of hydrogen-bond donors (Lipinski definition) is 3. The summed E-state index contributed by atoms with van der Waals surface area (Å²) in [5.41, 5.74) is 2.00. The molecule has 0 spiro atoms.